The number of aromatic nitrogens is 4. The normalized spacial score (nSPS) is 14.0. The van der Waals surface area contributed by atoms with E-state index in [0.717, 1.165) is 12.8 Å². The Morgan fingerprint density at radius 1 is 1.23 bits per heavy atom. The number of rotatable bonds is 8. The van der Waals surface area contributed by atoms with Gasteiger partial charge in [-0.3, -0.25) is 0 Å². The fourth-order valence-corrected chi connectivity index (χ4v) is 4.32. The van der Waals surface area contributed by atoms with E-state index in [1.54, 1.807) is 30.3 Å². The molecule has 0 atom stereocenters. The number of carboxylic acid groups (broad SMARTS) is 1. The van der Waals surface area contributed by atoms with E-state index in [-0.39, 0.29) is 23.4 Å². The lowest BCUT2D eigenvalue weighted by molar-refractivity contribution is 0.0697. The first-order chi connectivity index (χ1) is 16.9. The van der Waals surface area contributed by atoms with Crippen molar-refractivity contribution in [2.75, 3.05) is 0 Å². The Morgan fingerprint density at radius 3 is 2.74 bits per heavy atom. The molecular formula is C25H19ClFN5O3. The van der Waals surface area contributed by atoms with Gasteiger partial charge in [0.1, 0.15) is 23.5 Å². The fourth-order valence-electron chi connectivity index (χ4n) is 4.25. The van der Waals surface area contributed by atoms with Gasteiger partial charge in [-0.2, -0.15) is 10.2 Å². The number of halogens is 2. The van der Waals surface area contributed by atoms with Gasteiger partial charge in [-0.05, 0) is 48.7 Å². The molecule has 1 saturated carbocycles. The minimum atomic E-state index is -1.03. The van der Waals surface area contributed by atoms with Crippen LogP contribution in [0, 0.1) is 22.6 Å². The van der Waals surface area contributed by atoms with Crippen molar-refractivity contribution in [1.82, 2.24) is 19.5 Å². The van der Waals surface area contributed by atoms with Gasteiger partial charge in [-0.25, -0.2) is 19.2 Å². The van der Waals surface area contributed by atoms with Gasteiger partial charge in [-0.15, -0.1) is 0 Å². The molecule has 8 nitrogen and oxygen atoms in total. The number of hydrogen-bond donors (Lipinski definition) is 1. The Morgan fingerprint density at radius 2 is 2.06 bits per heavy atom. The second-order valence-electron chi connectivity index (χ2n) is 8.74. The van der Waals surface area contributed by atoms with Crippen LogP contribution in [-0.4, -0.2) is 30.6 Å². The van der Waals surface area contributed by atoms with Crippen molar-refractivity contribution in [3.8, 4) is 23.3 Å². The van der Waals surface area contributed by atoms with Crippen LogP contribution in [0.4, 0.5) is 4.39 Å². The second kappa shape index (κ2) is 8.96. The van der Waals surface area contributed by atoms with Crippen molar-refractivity contribution in [3.05, 3.63) is 71.4 Å². The van der Waals surface area contributed by atoms with E-state index in [0.29, 0.717) is 46.6 Å². The Balaban J connectivity index is 1.52. The maximum absolute atomic E-state index is 15.2. The largest absolute Gasteiger partial charge is 0.478 e. The van der Waals surface area contributed by atoms with Crippen LogP contribution >= 0.6 is 11.9 Å². The topological polar surface area (TPSA) is 114 Å². The summed E-state index contributed by atoms with van der Waals surface area (Å²) >= 11 is 5.32. The molecule has 1 fully saturated rings. The van der Waals surface area contributed by atoms with Crippen LogP contribution in [0.5, 0.6) is 6.01 Å². The van der Waals surface area contributed by atoms with Gasteiger partial charge in [0.05, 0.1) is 28.4 Å². The summed E-state index contributed by atoms with van der Waals surface area (Å²) in [7, 11) is 0. The zero-order valence-electron chi connectivity index (χ0n) is 18.4. The number of hydrogen-bond acceptors (Lipinski definition) is 6. The molecule has 1 aliphatic rings. The molecule has 2 aromatic carbocycles. The maximum atomic E-state index is 15.2. The van der Waals surface area contributed by atoms with Crippen LogP contribution in [0.3, 0.4) is 0 Å². The molecule has 0 bridgehead atoms. The molecule has 0 aliphatic heterocycles. The summed E-state index contributed by atoms with van der Waals surface area (Å²) in [5.74, 6) is -0.857. The Bertz CT molecular complexity index is 1490. The van der Waals surface area contributed by atoms with Crippen molar-refractivity contribution < 1.29 is 18.6 Å². The SMILES string of the molecule is N#CCC1(Cn2c(Cc3ccc(-c4ccnc(OCl)n4)cc3F)nc3ccc(C(=O)O)cc32)CC1. The van der Waals surface area contributed by atoms with Crippen LogP contribution in [-0.2, 0) is 13.0 Å². The highest BCUT2D eigenvalue weighted by Crippen LogP contribution is 2.50. The van der Waals surface area contributed by atoms with Gasteiger partial charge in [0.25, 0.3) is 0 Å². The van der Waals surface area contributed by atoms with E-state index >= 15 is 4.39 Å². The number of imidazole rings is 1. The third-order valence-electron chi connectivity index (χ3n) is 6.38. The monoisotopic (exact) mass is 491 g/mol. The molecular weight excluding hydrogens is 473 g/mol. The molecule has 0 amide bonds. The number of benzene rings is 2. The standard InChI is InChI=1S/C25H19ClFN5O3/c26-35-24-29-10-5-19(31-24)16-2-1-15(18(27)11-16)13-22-30-20-4-3-17(23(33)34)12-21(20)32(22)14-25(6-7-25)8-9-28/h1-5,10-12H,6-8,13-14H2,(H,33,34). The van der Waals surface area contributed by atoms with E-state index in [1.807, 2.05) is 4.57 Å². The zero-order valence-corrected chi connectivity index (χ0v) is 19.2. The third kappa shape index (κ3) is 4.53. The zero-order chi connectivity index (χ0) is 24.6. The van der Waals surface area contributed by atoms with Crippen LogP contribution in [0.2, 0.25) is 0 Å². The van der Waals surface area contributed by atoms with Crippen molar-refractivity contribution in [2.45, 2.75) is 32.2 Å². The Kier molecular flexibility index (Phi) is 5.83. The first-order valence-corrected chi connectivity index (χ1v) is 11.2. The molecule has 2 aromatic heterocycles. The Hall–Kier alpha value is -4.03. The number of nitrogens with zero attached hydrogens (tertiary/aromatic N) is 5. The summed E-state index contributed by atoms with van der Waals surface area (Å²) in [5, 5.41) is 18.7. The highest BCUT2D eigenvalue weighted by molar-refractivity contribution is 6.08. The first-order valence-electron chi connectivity index (χ1n) is 10.9. The molecule has 0 radical (unpaired) electrons. The predicted octanol–water partition coefficient (Wildman–Crippen LogP) is 5.15. The van der Waals surface area contributed by atoms with Gasteiger partial charge in [0.15, 0.2) is 0 Å². The molecule has 10 heteroatoms. The number of nitriles is 1. The maximum Gasteiger partial charge on any atom is 0.336 e. The summed E-state index contributed by atoms with van der Waals surface area (Å²) in [5.41, 5.74) is 2.71. The summed E-state index contributed by atoms with van der Waals surface area (Å²) in [4.78, 5) is 24.2. The first kappa shape index (κ1) is 22.7. The van der Waals surface area contributed by atoms with E-state index in [1.165, 1.54) is 18.3 Å². The highest BCUT2D eigenvalue weighted by atomic mass is 35.5. The highest BCUT2D eigenvalue weighted by Gasteiger charge is 2.43. The van der Waals surface area contributed by atoms with Gasteiger partial charge in [0.2, 0.25) is 0 Å². The van der Waals surface area contributed by atoms with E-state index < -0.39 is 11.8 Å². The molecule has 5 rings (SSSR count). The molecule has 1 N–H and O–H groups in total. The molecule has 176 valence electrons. The Labute approximate surface area is 204 Å². The molecule has 35 heavy (non-hydrogen) atoms. The van der Waals surface area contributed by atoms with E-state index in [4.69, 9.17) is 16.9 Å². The fraction of sp³-hybridized carbons (Fsp3) is 0.240. The number of carbonyl (C=O) groups is 1. The average Bonchev–Trinajstić information content (AvgIpc) is 3.54. The lowest BCUT2D eigenvalue weighted by Gasteiger charge is -2.16. The van der Waals surface area contributed by atoms with Crippen LogP contribution in [0.25, 0.3) is 22.3 Å². The van der Waals surface area contributed by atoms with Gasteiger partial charge < -0.3 is 14.0 Å². The number of fused-ring (bicyclic) bond motifs is 1. The third-order valence-corrected chi connectivity index (χ3v) is 6.52. The lowest BCUT2D eigenvalue weighted by Crippen LogP contribution is -2.14. The van der Waals surface area contributed by atoms with Crippen molar-refractivity contribution in [3.63, 3.8) is 0 Å². The van der Waals surface area contributed by atoms with Crippen LogP contribution in [0.1, 0.15) is 41.0 Å². The second-order valence-corrected chi connectivity index (χ2v) is 8.90. The quantitative estimate of drug-likeness (QED) is 0.362. The molecule has 0 saturated heterocycles. The molecule has 0 spiro atoms. The molecule has 4 aromatic rings. The van der Waals surface area contributed by atoms with Gasteiger partial charge in [0, 0.05) is 36.6 Å². The van der Waals surface area contributed by atoms with E-state index in [9.17, 15) is 15.2 Å². The predicted molar refractivity (Wildman–Crippen MR) is 125 cm³/mol. The average molecular weight is 492 g/mol. The summed E-state index contributed by atoms with van der Waals surface area (Å²) in [6.07, 6.45) is 3.89. The summed E-state index contributed by atoms with van der Waals surface area (Å²) < 4.78 is 21.6. The molecule has 0 unspecified atom stereocenters. The minimum Gasteiger partial charge on any atom is -0.478 e. The van der Waals surface area contributed by atoms with Crippen LogP contribution in [0.15, 0.2) is 48.7 Å². The minimum absolute atomic E-state index is 0.0329. The van der Waals surface area contributed by atoms with Crippen LogP contribution < -0.4 is 4.29 Å². The lowest BCUT2D eigenvalue weighted by atomic mass is 10.0. The van der Waals surface area contributed by atoms with Gasteiger partial charge >= 0.3 is 12.0 Å². The van der Waals surface area contributed by atoms with Crippen molar-refractivity contribution in [2.24, 2.45) is 5.41 Å². The summed E-state index contributed by atoms with van der Waals surface area (Å²) in [6, 6.07) is 13.4. The van der Waals surface area contributed by atoms with E-state index in [2.05, 4.69) is 20.3 Å². The molecule has 2 heterocycles. The number of aromatic carboxylic acids is 1. The number of carboxylic acids is 1. The molecule has 1 aliphatic carbocycles. The van der Waals surface area contributed by atoms with Crippen molar-refractivity contribution >= 4 is 28.9 Å². The smallest absolute Gasteiger partial charge is 0.336 e. The van der Waals surface area contributed by atoms with Crippen molar-refractivity contribution in [1.29, 1.82) is 5.26 Å². The van der Waals surface area contributed by atoms with Gasteiger partial charge in [-0.1, -0.05) is 12.1 Å². The summed E-state index contributed by atoms with van der Waals surface area (Å²) in [6.45, 7) is 0.525.